The van der Waals surface area contributed by atoms with Crippen molar-refractivity contribution in [1.29, 1.82) is 0 Å². The van der Waals surface area contributed by atoms with Crippen LogP contribution in [-0.4, -0.2) is 35.9 Å². The predicted molar refractivity (Wildman–Crippen MR) is 112 cm³/mol. The van der Waals surface area contributed by atoms with Crippen molar-refractivity contribution < 1.29 is 0 Å². The molecule has 0 aromatic heterocycles. The van der Waals surface area contributed by atoms with Crippen LogP contribution in [0.15, 0.2) is 29.2 Å². The predicted octanol–water partition coefficient (Wildman–Crippen LogP) is 5.62. The summed E-state index contributed by atoms with van der Waals surface area (Å²) >= 11 is 1.73. The van der Waals surface area contributed by atoms with Crippen LogP contribution in [0.1, 0.15) is 58.8 Å². The van der Waals surface area contributed by atoms with E-state index in [0.717, 1.165) is 36.8 Å². The van der Waals surface area contributed by atoms with Gasteiger partial charge in [-0.1, -0.05) is 57.0 Å². The first-order chi connectivity index (χ1) is 12.6. The summed E-state index contributed by atoms with van der Waals surface area (Å²) in [5.41, 5.74) is 0.991. The highest BCUT2D eigenvalue weighted by atomic mass is 32.2. The zero-order valence-electron chi connectivity index (χ0n) is 16.4. The van der Waals surface area contributed by atoms with E-state index in [9.17, 15) is 5.21 Å². The summed E-state index contributed by atoms with van der Waals surface area (Å²) in [4.78, 5) is 3.97. The third-order valence-electron chi connectivity index (χ3n) is 6.81. The van der Waals surface area contributed by atoms with Gasteiger partial charge in [-0.3, -0.25) is 4.90 Å². The second kappa shape index (κ2) is 7.83. The van der Waals surface area contributed by atoms with Crippen molar-refractivity contribution in [3.63, 3.8) is 0 Å². The van der Waals surface area contributed by atoms with Gasteiger partial charge in [-0.05, 0) is 37.7 Å². The summed E-state index contributed by atoms with van der Waals surface area (Å²) < 4.78 is -0.135. The van der Waals surface area contributed by atoms with Crippen LogP contribution in [0.3, 0.4) is 0 Å². The van der Waals surface area contributed by atoms with Gasteiger partial charge in [0, 0.05) is 30.6 Å². The van der Waals surface area contributed by atoms with Gasteiger partial charge in [0.25, 0.3) is 0 Å². The Hall–Kier alpha value is -0.550. The molecule has 5 atom stereocenters. The molecule has 144 valence electrons. The minimum Gasteiger partial charge on any atom is -0.627 e. The number of unbranched alkanes of at least 4 members (excludes halogenated alkanes) is 1. The molecule has 0 amide bonds. The average molecular weight is 375 g/mol. The van der Waals surface area contributed by atoms with Crippen molar-refractivity contribution in [2.45, 2.75) is 75.8 Å². The molecule has 3 unspecified atom stereocenters. The standard InChI is InChI=1S/C22H34N2OS/c1-3-4-7-18-12-19-10-11-20(13-18)23(19)14-17(2)15-24(25)16-26-22-9-6-5-8-21(22)24/h5-6,8-9,17-20H,3-4,7,10-16H2,1-2H3/t17?,18?,19-,20+,24?. The minimum absolute atomic E-state index is 0.135. The molecule has 4 rings (SSSR count). The summed E-state index contributed by atoms with van der Waals surface area (Å²) in [5, 5.41) is 13.4. The van der Waals surface area contributed by atoms with E-state index in [4.69, 9.17) is 0 Å². The maximum absolute atomic E-state index is 13.4. The van der Waals surface area contributed by atoms with Crippen molar-refractivity contribution in [1.82, 2.24) is 9.55 Å². The largest absolute Gasteiger partial charge is 0.627 e. The summed E-state index contributed by atoms with van der Waals surface area (Å²) in [6, 6.07) is 9.78. The highest BCUT2D eigenvalue weighted by molar-refractivity contribution is 7.99. The van der Waals surface area contributed by atoms with Gasteiger partial charge in [0.2, 0.25) is 0 Å². The van der Waals surface area contributed by atoms with Crippen LogP contribution < -0.4 is 4.65 Å². The van der Waals surface area contributed by atoms with Gasteiger partial charge in [0.1, 0.15) is 11.6 Å². The molecule has 2 bridgehead atoms. The maximum Gasteiger partial charge on any atom is 0.147 e. The van der Waals surface area contributed by atoms with E-state index in [1.807, 2.05) is 18.2 Å². The number of quaternary nitrogens is 1. The SMILES string of the molecule is CCCCC1C[C@H]2CC[C@@H](C1)N2CC(C)C[N+]1([O-])CSc2ccccc21. The quantitative estimate of drug-likeness (QED) is 0.457. The molecule has 0 radical (unpaired) electrons. The number of piperidine rings is 1. The number of hydroxylamine groups is 2. The fourth-order valence-electron chi connectivity index (χ4n) is 5.64. The van der Waals surface area contributed by atoms with Crippen LogP contribution in [0, 0.1) is 17.0 Å². The maximum atomic E-state index is 13.4. The van der Waals surface area contributed by atoms with Crippen LogP contribution >= 0.6 is 11.8 Å². The molecule has 1 aromatic carbocycles. The number of nitrogens with zero attached hydrogens (tertiary/aromatic N) is 2. The number of fused-ring (bicyclic) bond motifs is 3. The summed E-state index contributed by atoms with van der Waals surface area (Å²) in [7, 11) is 0. The van der Waals surface area contributed by atoms with Gasteiger partial charge in [0.05, 0.1) is 11.4 Å². The summed E-state index contributed by atoms with van der Waals surface area (Å²) in [5.74, 6) is 2.06. The lowest BCUT2D eigenvalue weighted by molar-refractivity contribution is 0.0809. The van der Waals surface area contributed by atoms with Crippen LogP contribution in [0.2, 0.25) is 0 Å². The Balaban J connectivity index is 1.35. The molecule has 2 saturated heterocycles. The Morgan fingerprint density at radius 3 is 2.69 bits per heavy atom. The molecule has 2 fully saturated rings. The lowest BCUT2D eigenvalue weighted by Crippen LogP contribution is -2.49. The average Bonchev–Trinajstić information content (AvgIpc) is 3.06. The fraction of sp³-hybridized carbons (Fsp3) is 0.727. The second-order valence-electron chi connectivity index (χ2n) is 8.98. The van der Waals surface area contributed by atoms with Crippen molar-refractivity contribution >= 4 is 17.4 Å². The highest BCUT2D eigenvalue weighted by Gasteiger charge is 2.41. The van der Waals surface area contributed by atoms with Gasteiger partial charge in [-0.15, -0.1) is 0 Å². The Morgan fingerprint density at radius 2 is 1.96 bits per heavy atom. The number of thioether (sulfide) groups is 1. The molecule has 3 nitrogen and oxygen atoms in total. The van der Waals surface area contributed by atoms with Crippen molar-refractivity contribution in [3.05, 3.63) is 29.5 Å². The molecule has 3 aliphatic heterocycles. The molecule has 3 aliphatic rings. The molecular formula is C22H34N2OS. The van der Waals surface area contributed by atoms with Gasteiger partial charge < -0.3 is 9.85 Å². The number of hydrogen-bond donors (Lipinski definition) is 0. The highest BCUT2D eigenvalue weighted by Crippen LogP contribution is 2.44. The number of hydrogen-bond acceptors (Lipinski definition) is 3. The van der Waals surface area contributed by atoms with E-state index in [1.165, 1.54) is 49.8 Å². The first kappa shape index (κ1) is 18.8. The molecule has 1 aromatic rings. The van der Waals surface area contributed by atoms with E-state index in [0.29, 0.717) is 11.8 Å². The molecule has 0 N–H and O–H groups in total. The van der Waals surface area contributed by atoms with Crippen LogP contribution in [0.4, 0.5) is 5.69 Å². The number of rotatable bonds is 7. The van der Waals surface area contributed by atoms with E-state index < -0.39 is 0 Å². The van der Waals surface area contributed by atoms with Gasteiger partial charge in [-0.2, -0.15) is 0 Å². The Morgan fingerprint density at radius 1 is 1.23 bits per heavy atom. The monoisotopic (exact) mass is 374 g/mol. The minimum atomic E-state index is -0.135. The first-order valence-electron chi connectivity index (χ1n) is 10.7. The molecule has 0 aliphatic carbocycles. The van der Waals surface area contributed by atoms with E-state index in [2.05, 4.69) is 24.8 Å². The molecule has 0 saturated carbocycles. The van der Waals surface area contributed by atoms with Crippen LogP contribution in [0.25, 0.3) is 0 Å². The first-order valence-corrected chi connectivity index (χ1v) is 11.6. The lowest BCUT2D eigenvalue weighted by Gasteiger charge is -2.43. The third-order valence-corrected chi connectivity index (χ3v) is 8.01. The van der Waals surface area contributed by atoms with Crippen molar-refractivity contribution in [2.24, 2.45) is 11.8 Å². The lowest BCUT2D eigenvalue weighted by atomic mass is 9.86. The van der Waals surface area contributed by atoms with E-state index in [-0.39, 0.29) is 4.65 Å². The molecule has 4 heteroatoms. The number of para-hydroxylation sites is 1. The Bertz CT molecular complexity index is 610. The fourth-order valence-corrected chi connectivity index (χ4v) is 6.79. The number of benzene rings is 1. The van der Waals surface area contributed by atoms with E-state index in [1.54, 1.807) is 11.8 Å². The van der Waals surface area contributed by atoms with Crippen LogP contribution in [0.5, 0.6) is 0 Å². The van der Waals surface area contributed by atoms with Crippen molar-refractivity contribution in [3.8, 4) is 0 Å². The summed E-state index contributed by atoms with van der Waals surface area (Å²) in [6.45, 7) is 6.44. The molecule has 0 spiro atoms. The van der Waals surface area contributed by atoms with Gasteiger partial charge in [-0.25, -0.2) is 0 Å². The van der Waals surface area contributed by atoms with Gasteiger partial charge >= 0.3 is 0 Å². The van der Waals surface area contributed by atoms with E-state index >= 15 is 0 Å². The smallest absolute Gasteiger partial charge is 0.147 e. The summed E-state index contributed by atoms with van der Waals surface area (Å²) in [6.07, 6.45) is 9.73. The zero-order valence-corrected chi connectivity index (χ0v) is 17.2. The second-order valence-corrected chi connectivity index (χ2v) is 9.97. The Labute approximate surface area is 163 Å². The van der Waals surface area contributed by atoms with Crippen molar-refractivity contribution in [2.75, 3.05) is 19.0 Å². The van der Waals surface area contributed by atoms with Gasteiger partial charge in [0.15, 0.2) is 0 Å². The third kappa shape index (κ3) is 3.71. The molecule has 26 heavy (non-hydrogen) atoms. The zero-order chi connectivity index (χ0) is 18.1. The molecule has 3 heterocycles. The topological polar surface area (TPSA) is 26.3 Å². The molecular weight excluding hydrogens is 340 g/mol. The normalized spacial score (nSPS) is 34.8. The Kier molecular flexibility index (Phi) is 5.66. The van der Waals surface area contributed by atoms with Crippen LogP contribution in [-0.2, 0) is 0 Å².